The van der Waals surface area contributed by atoms with Gasteiger partial charge in [-0.25, -0.2) is 0 Å². The summed E-state index contributed by atoms with van der Waals surface area (Å²) in [7, 11) is 1.55. The average Bonchev–Trinajstić information content (AvgIpc) is 2.54. The minimum absolute atomic E-state index is 0.102. The van der Waals surface area contributed by atoms with E-state index in [0.29, 0.717) is 0 Å². The molecule has 0 aliphatic carbocycles. The van der Waals surface area contributed by atoms with E-state index >= 15 is 0 Å². The minimum Gasteiger partial charge on any atom is -0.480 e. The van der Waals surface area contributed by atoms with Gasteiger partial charge >= 0.3 is 5.97 Å². The third-order valence-electron chi connectivity index (χ3n) is 3.29. The third kappa shape index (κ3) is 4.34. The number of nitrogens with zero attached hydrogens (tertiary/aromatic N) is 2. The molecular formula is C12H22N2O3. The number of amides is 1. The van der Waals surface area contributed by atoms with Crippen molar-refractivity contribution in [1.29, 1.82) is 0 Å². The van der Waals surface area contributed by atoms with Crippen LogP contribution in [0.4, 0.5) is 0 Å². The highest BCUT2D eigenvalue weighted by atomic mass is 16.4. The van der Waals surface area contributed by atoms with Crippen molar-refractivity contribution in [3.05, 3.63) is 0 Å². The molecule has 1 saturated heterocycles. The molecule has 17 heavy (non-hydrogen) atoms. The molecule has 98 valence electrons. The Kier molecular flexibility index (Phi) is 5.41. The van der Waals surface area contributed by atoms with Crippen LogP contribution in [0.3, 0.4) is 0 Å². The monoisotopic (exact) mass is 242 g/mol. The maximum absolute atomic E-state index is 12.0. The van der Waals surface area contributed by atoms with Crippen LogP contribution < -0.4 is 0 Å². The summed E-state index contributed by atoms with van der Waals surface area (Å²) < 4.78 is 0. The molecule has 0 unspecified atom stereocenters. The van der Waals surface area contributed by atoms with Crippen molar-refractivity contribution >= 4 is 11.9 Å². The number of hydrogen-bond acceptors (Lipinski definition) is 3. The van der Waals surface area contributed by atoms with Crippen molar-refractivity contribution in [2.75, 3.05) is 26.7 Å². The molecule has 0 aromatic rings. The molecule has 0 radical (unpaired) electrons. The molecule has 1 heterocycles. The number of carboxylic acids is 1. The third-order valence-corrected chi connectivity index (χ3v) is 3.29. The molecule has 1 fully saturated rings. The zero-order valence-corrected chi connectivity index (χ0v) is 10.7. The van der Waals surface area contributed by atoms with Crippen LogP contribution in [0.1, 0.15) is 32.6 Å². The van der Waals surface area contributed by atoms with Crippen LogP contribution in [-0.4, -0.2) is 59.5 Å². The van der Waals surface area contributed by atoms with Crippen LogP contribution in [0, 0.1) is 0 Å². The summed E-state index contributed by atoms with van der Waals surface area (Å²) in [5.74, 6) is -1.07. The molecule has 0 saturated carbocycles. The first-order valence-electron chi connectivity index (χ1n) is 6.23. The van der Waals surface area contributed by atoms with Crippen molar-refractivity contribution in [1.82, 2.24) is 9.80 Å². The lowest BCUT2D eigenvalue weighted by atomic mass is 10.2. The van der Waals surface area contributed by atoms with E-state index in [1.165, 1.54) is 17.7 Å². The summed E-state index contributed by atoms with van der Waals surface area (Å²) in [5, 5.41) is 8.66. The van der Waals surface area contributed by atoms with Gasteiger partial charge in [0, 0.05) is 7.05 Å². The number of likely N-dealkylation sites (tertiary alicyclic amines) is 1. The normalized spacial score (nSPS) is 19.4. The zero-order valence-electron chi connectivity index (χ0n) is 10.7. The molecule has 1 aliphatic rings. The number of carbonyl (C=O) groups excluding carboxylic acids is 1. The molecule has 0 aromatic carbocycles. The van der Waals surface area contributed by atoms with E-state index in [0.717, 1.165) is 25.9 Å². The lowest BCUT2D eigenvalue weighted by Crippen LogP contribution is -2.47. The summed E-state index contributed by atoms with van der Waals surface area (Å²) in [6, 6.07) is -0.211. The molecule has 0 bridgehead atoms. The number of hydrogen-bond donors (Lipinski definition) is 1. The van der Waals surface area contributed by atoms with Gasteiger partial charge in [-0.1, -0.05) is 12.8 Å². The van der Waals surface area contributed by atoms with E-state index in [1.807, 2.05) is 6.92 Å². The van der Waals surface area contributed by atoms with Crippen molar-refractivity contribution in [3.8, 4) is 0 Å². The van der Waals surface area contributed by atoms with Crippen molar-refractivity contribution in [2.45, 2.75) is 38.6 Å². The smallest absolute Gasteiger partial charge is 0.323 e. The van der Waals surface area contributed by atoms with Crippen LogP contribution in [0.25, 0.3) is 0 Å². The van der Waals surface area contributed by atoms with Crippen LogP contribution in [0.5, 0.6) is 0 Å². The van der Waals surface area contributed by atoms with Crippen molar-refractivity contribution in [3.63, 3.8) is 0 Å². The number of carbonyl (C=O) groups is 2. The highest BCUT2D eigenvalue weighted by Crippen LogP contribution is 2.13. The second-order valence-electron chi connectivity index (χ2n) is 4.71. The highest BCUT2D eigenvalue weighted by molar-refractivity contribution is 5.84. The molecule has 0 aromatic heterocycles. The van der Waals surface area contributed by atoms with Crippen LogP contribution in [0.15, 0.2) is 0 Å². The molecule has 5 heteroatoms. The quantitative estimate of drug-likeness (QED) is 0.792. The van der Waals surface area contributed by atoms with Crippen LogP contribution >= 0.6 is 0 Å². The van der Waals surface area contributed by atoms with Gasteiger partial charge in [-0.3, -0.25) is 14.5 Å². The Morgan fingerprint density at radius 3 is 2.24 bits per heavy atom. The average molecular weight is 242 g/mol. The largest absolute Gasteiger partial charge is 0.480 e. The van der Waals surface area contributed by atoms with Gasteiger partial charge in [0.25, 0.3) is 0 Å². The first-order valence-corrected chi connectivity index (χ1v) is 6.23. The number of likely N-dealkylation sites (N-methyl/N-ethyl adjacent to an activating group) is 1. The van der Waals surface area contributed by atoms with Gasteiger partial charge in [-0.15, -0.1) is 0 Å². The SMILES string of the molecule is C[C@H](C(=O)N(C)CC(=O)O)N1CCCCCC1. The molecule has 1 aliphatic heterocycles. The van der Waals surface area contributed by atoms with Gasteiger partial charge in [0.2, 0.25) is 5.91 Å². The lowest BCUT2D eigenvalue weighted by Gasteiger charge is -2.29. The van der Waals surface area contributed by atoms with Gasteiger partial charge in [-0.2, -0.15) is 0 Å². The Morgan fingerprint density at radius 2 is 1.76 bits per heavy atom. The van der Waals surface area contributed by atoms with Gasteiger partial charge in [0.05, 0.1) is 6.04 Å². The van der Waals surface area contributed by atoms with Gasteiger partial charge < -0.3 is 10.0 Å². The molecule has 0 spiro atoms. The van der Waals surface area contributed by atoms with Crippen LogP contribution in [-0.2, 0) is 9.59 Å². The minimum atomic E-state index is -0.969. The maximum Gasteiger partial charge on any atom is 0.323 e. The summed E-state index contributed by atoms with van der Waals surface area (Å²) >= 11 is 0. The highest BCUT2D eigenvalue weighted by Gasteiger charge is 2.25. The first-order chi connectivity index (χ1) is 8.02. The lowest BCUT2D eigenvalue weighted by molar-refractivity contribution is -0.145. The Balaban J connectivity index is 2.51. The van der Waals surface area contributed by atoms with Crippen molar-refractivity contribution < 1.29 is 14.7 Å². The Labute approximate surface area is 102 Å². The molecule has 1 N–H and O–H groups in total. The predicted molar refractivity (Wildman–Crippen MR) is 64.8 cm³/mol. The predicted octanol–water partition coefficient (Wildman–Crippen LogP) is 0.794. The zero-order chi connectivity index (χ0) is 12.8. The van der Waals surface area contributed by atoms with E-state index in [2.05, 4.69) is 4.90 Å². The van der Waals surface area contributed by atoms with Crippen molar-refractivity contribution in [2.24, 2.45) is 0 Å². The molecule has 1 amide bonds. The van der Waals surface area contributed by atoms with Crippen LogP contribution in [0.2, 0.25) is 0 Å². The van der Waals surface area contributed by atoms with E-state index in [4.69, 9.17) is 5.11 Å². The summed E-state index contributed by atoms with van der Waals surface area (Å²) in [4.78, 5) is 26.0. The molecule has 5 nitrogen and oxygen atoms in total. The number of carboxylic acid groups (broad SMARTS) is 1. The van der Waals surface area contributed by atoms with E-state index in [9.17, 15) is 9.59 Å². The van der Waals surface area contributed by atoms with Gasteiger partial charge in [0.15, 0.2) is 0 Å². The summed E-state index contributed by atoms with van der Waals surface area (Å²) in [6.07, 6.45) is 4.70. The number of rotatable bonds is 4. The van der Waals surface area contributed by atoms with E-state index in [1.54, 1.807) is 7.05 Å². The second kappa shape index (κ2) is 6.59. The first kappa shape index (κ1) is 14.0. The van der Waals surface area contributed by atoms with Gasteiger partial charge in [0.1, 0.15) is 6.54 Å². The maximum atomic E-state index is 12.0. The van der Waals surface area contributed by atoms with E-state index < -0.39 is 5.97 Å². The molecule has 1 atom stereocenters. The fourth-order valence-corrected chi connectivity index (χ4v) is 2.24. The Bertz CT molecular complexity index is 273. The Hall–Kier alpha value is -1.10. The topological polar surface area (TPSA) is 60.9 Å². The fourth-order valence-electron chi connectivity index (χ4n) is 2.24. The van der Waals surface area contributed by atoms with E-state index in [-0.39, 0.29) is 18.5 Å². The summed E-state index contributed by atoms with van der Waals surface area (Å²) in [5.41, 5.74) is 0. The Morgan fingerprint density at radius 1 is 1.24 bits per heavy atom. The number of aliphatic carboxylic acids is 1. The second-order valence-corrected chi connectivity index (χ2v) is 4.71. The fraction of sp³-hybridized carbons (Fsp3) is 0.833. The van der Waals surface area contributed by atoms with Gasteiger partial charge in [-0.05, 0) is 32.9 Å². The molecular weight excluding hydrogens is 220 g/mol. The summed E-state index contributed by atoms with van der Waals surface area (Å²) in [6.45, 7) is 3.52. The standard InChI is InChI=1S/C12H22N2O3/c1-10(12(17)13(2)9-11(15)16)14-7-5-3-4-6-8-14/h10H,3-9H2,1-2H3,(H,15,16)/t10-/m1/s1. The molecule has 1 rings (SSSR count).